The fourth-order valence-corrected chi connectivity index (χ4v) is 4.63. The zero-order chi connectivity index (χ0) is 11.8. The van der Waals surface area contributed by atoms with Crippen molar-refractivity contribution in [2.24, 2.45) is 23.2 Å². The fraction of sp³-hybridized carbons (Fsp3) is 1.00. The van der Waals surface area contributed by atoms with E-state index in [0.717, 1.165) is 23.8 Å². The van der Waals surface area contributed by atoms with Crippen molar-refractivity contribution in [2.45, 2.75) is 65.3 Å². The molecule has 0 aliphatic heterocycles. The highest BCUT2D eigenvalue weighted by Crippen LogP contribution is 2.53. The Balaban J connectivity index is 2.20. The molecule has 0 aromatic carbocycles. The molecule has 0 aromatic heterocycles. The van der Waals surface area contributed by atoms with E-state index >= 15 is 0 Å². The van der Waals surface area contributed by atoms with Gasteiger partial charge in [-0.15, -0.1) is 0 Å². The Bertz CT molecular complexity index is 236. The molecular weight excluding hydrogens is 194 g/mol. The number of hydrogen-bond donors (Lipinski definition) is 1. The van der Waals surface area contributed by atoms with Crippen LogP contribution in [0.1, 0.15) is 59.3 Å². The Morgan fingerprint density at radius 2 is 1.88 bits per heavy atom. The van der Waals surface area contributed by atoms with Gasteiger partial charge in [0.15, 0.2) is 0 Å². The molecule has 94 valence electrons. The van der Waals surface area contributed by atoms with E-state index in [-0.39, 0.29) is 0 Å². The van der Waals surface area contributed by atoms with Gasteiger partial charge >= 0.3 is 0 Å². The molecule has 2 aliphatic carbocycles. The maximum Gasteiger partial charge on any atom is 0.0151 e. The van der Waals surface area contributed by atoms with E-state index < -0.39 is 0 Å². The normalized spacial score (nSPS) is 44.4. The van der Waals surface area contributed by atoms with Crippen LogP contribution in [0.25, 0.3) is 0 Å². The van der Waals surface area contributed by atoms with Crippen LogP contribution >= 0.6 is 0 Å². The predicted molar refractivity (Wildman–Crippen MR) is 70.5 cm³/mol. The molecule has 1 heteroatoms. The van der Waals surface area contributed by atoms with Crippen LogP contribution in [-0.2, 0) is 0 Å². The van der Waals surface area contributed by atoms with Crippen LogP contribution in [0.3, 0.4) is 0 Å². The maximum atomic E-state index is 3.68. The smallest absolute Gasteiger partial charge is 0.0151 e. The molecule has 1 N–H and O–H groups in total. The molecule has 0 aromatic rings. The zero-order valence-electron chi connectivity index (χ0n) is 11.6. The van der Waals surface area contributed by atoms with Crippen LogP contribution in [-0.4, -0.2) is 13.1 Å². The van der Waals surface area contributed by atoms with Crippen molar-refractivity contribution in [3.63, 3.8) is 0 Å². The molecular formula is C15H29N. The van der Waals surface area contributed by atoms with Crippen LogP contribution in [0.5, 0.6) is 0 Å². The van der Waals surface area contributed by atoms with Crippen molar-refractivity contribution < 1.29 is 0 Å². The summed E-state index contributed by atoms with van der Waals surface area (Å²) in [5, 5.41) is 3.68. The van der Waals surface area contributed by atoms with Gasteiger partial charge in [-0.05, 0) is 55.9 Å². The van der Waals surface area contributed by atoms with E-state index in [2.05, 4.69) is 33.1 Å². The van der Waals surface area contributed by atoms with Gasteiger partial charge in [-0.25, -0.2) is 0 Å². The number of hydrogen-bond acceptors (Lipinski definition) is 1. The van der Waals surface area contributed by atoms with E-state index in [1.165, 1.54) is 38.5 Å². The highest BCUT2D eigenvalue weighted by Gasteiger charge is 2.48. The lowest BCUT2D eigenvalue weighted by molar-refractivity contribution is -0.0178. The number of nitrogens with one attached hydrogen (secondary N) is 1. The first-order chi connectivity index (χ1) is 7.59. The molecule has 2 fully saturated rings. The molecule has 3 unspecified atom stereocenters. The molecule has 2 aliphatic rings. The van der Waals surface area contributed by atoms with Crippen LogP contribution in [0.4, 0.5) is 0 Å². The zero-order valence-corrected chi connectivity index (χ0v) is 11.6. The van der Waals surface area contributed by atoms with E-state index in [4.69, 9.17) is 0 Å². The highest BCUT2D eigenvalue weighted by molar-refractivity contribution is 5.01. The van der Waals surface area contributed by atoms with Crippen molar-refractivity contribution >= 4 is 0 Å². The average molecular weight is 223 g/mol. The molecule has 0 radical (unpaired) electrons. The average Bonchev–Trinajstić information content (AvgIpc) is 2.26. The van der Waals surface area contributed by atoms with Gasteiger partial charge in [-0.2, -0.15) is 0 Å². The summed E-state index contributed by atoms with van der Waals surface area (Å²) in [5.41, 5.74) is 0.584. The Kier molecular flexibility index (Phi) is 3.63. The van der Waals surface area contributed by atoms with E-state index in [9.17, 15) is 0 Å². The second kappa shape index (κ2) is 4.68. The van der Waals surface area contributed by atoms with E-state index in [1.54, 1.807) is 0 Å². The first-order valence-corrected chi connectivity index (χ1v) is 7.27. The monoisotopic (exact) mass is 223 g/mol. The van der Waals surface area contributed by atoms with Crippen LogP contribution in [0, 0.1) is 23.2 Å². The SMILES string of the molecule is CNC1C(C(C)C)CCC2CCCC[C@@]21C. The van der Waals surface area contributed by atoms with E-state index in [1.807, 2.05) is 0 Å². The summed E-state index contributed by atoms with van der Waals surface area (Å²) in [6, 6.07) is 0.756. The standard InChI is InChI=1S/C15H29N/c1-11(2)13-9-8-12-7-5-6-10-15(12,3)14(13)16-4/h11-14,16H,5-10H2,1-4H3/t12?,13?,14?,15-/m0/s1. The second-order valence-corrected chi connectivity index (χ2v) is 6.70. The van der Waals surface area contributed by atoms with Gasteiger partial charge in [-0.1, -0.05) is 33.6 Å². The Morgan fingerprint density at radius 1 is 1.12 bits per heavy atom. The minimum Gasteiger partial charge on any atom is -0.316 e. The topological polar surface area (TPSA) is 12.0 Å². The van der Waals surface area contributed by atoms with Crippen molar-refractivity contribution in [2.75, 3.05) is 7.05 Å². The number of rotatable bonds is 2. The molecule has 0 amide bonds. The molecule has 2 rings (SSSR count). The third kappa shape index (κ3) is 1.92. The summed E-state index contributed by atoms with van der Waals surface area (Å²) in [6.45, 7) is 7.37. The Morgan fingerprint density at radius 3 is 2.50 bits per heavy atom. The highest BCUT2D eigenvalue weighted by atomic mass is 14.9. The summed E-state index contributed by atoms with van der Waals surface area (Å²) in [4.78, 5) is 0. The maximum absolute atomic E-state index is 3.68. The van der Waals surface area contributed by atoms with Crippen LogP contribution in [0.15, 0.2) is 0 Å². The lowest BCUT2D eigenvalue weighted by Crippen LogP contribution is -2.56. The Hall–Kier alpha value is -0.0400. The van der Waals surface area contributed by atoms with Crippen LogP contribution < -0.4 is 5.32 Å². The summed E-state index contributed by atoms with van der Waals surface area (Å²) >= 11 is 0. The van der Waals surface area contributed by atoms with Gasteiger partial charge in [-0.3, -0.25) is 0 Å². The second-order valence-electron chi connectivity index (χ2n) is 6.70. The molecule has 0 spiro atoms. The molecule has 0 bridgehead atoms. The van der Waals surface area contributed by atoms with Crippen molar-refractivity contribution in [1.29, 1.82) is 0 Å². The fourth-order valence-electron chi connectivity index (χ4n) is 4.63. The molecule has 0 saturated heterocycles. The quantitative estimate of drug-likeness (QED) is 0.750. The molecule has 16 heavy (non-hydrogen) atoms. The summed E-state index contributed by atoms with van der Waals surface area (Å²) in [7, 11) is 2.18. The van der Waals surface area contributed by atoms with Crippen molar-refractivity contribution in [3.05, 3.63) is 0 Å². The molecule has 4 atom stereocenters. The third-order valence-corrected chi connectivity index (χ3v) is 5.61. The third-order valence-electron chi connectivity index (χ3n) is 5.61. The van der Waals surface area contributed by atoms with Gasteiger partial charge in [0.25, 0.3) is 0 Å². The molecule has 2 saturated carbocycles. The largest absolute Gasteiger partial charge is 0.316 e. The van der Waals surface area contributed by atoms with Crippen LogP contribution in [0.2, 0.25) is 0 Å². The number of fused-ring (bicyclic) bond motifs is 1. The Labute approximate surface area is 101 Å². The van der Waals surface area contributed by atoms with Crippen molar-refractivity contribution in [3.8, 4) is 0 Å². The lowest BCUT2D eigenvalue weighted by atomic mass is 9.54. The van der Waals surface area contributed by atoms with Gasteiger partial charge < -0.3 is 5.32 Å². The minimum absolute atomic E-state index is 0.584. The summed E-state index contributed by atoms with van der Waals surface area (Å²) < 4.78 is 0. The first kappa shape index (κ1) is 12.4. The van der Waals surface area contributed by atoms with E-state index in [0.29, 0.717) is 5.41 Å². The lowest BCUT2D eigenvalue weighted by Gasteiger charge is -2.54. The summed E-state index contributed by atoms with van der Waals surface area (Å²) in [5.74, 6) is 2.72. The van der Waals surface area contributed by atoms with Crippen molar-refractivity contribution in [1.82, 2.24) is 5.32 Å². The van der Waals surface area contributed by atoms with Gasteiger partial charge in [0.05, 0.1) is 0 Å². The van der Waals surface area contributed by atoms with Gasteiger partial charge in [0.2, 0.25) is 0 Å². The van der Waals surface area contributed by atoms with Gasteiger partial charge in [0, 0.05) is 6.04 Å². The molecule has 0 heterocycles. The minimum atomic E-state index is 0.584. The summed E-state index contributed by atoms with van der Waals surface area (Å²) in [6.07, 6.45) is 8.80. The molecule has 1 nitrogen and oxygen atoms in total. The first-order valence-electron chi connectivity index (χ1n) is 7.27. The van der Waals surface area contributed by atoms with Gasteiger partial charge in [0.1, 0.15) is 0 Å². The predicted octanol–water partition coefficient (Wildman–Crippen LogP) is 3.84.